The quantitative estimate of drug-likeness (QED) is 0.683. The molecule has 2 N–H and O–H groups in total. The fraction of sp³-hybridized carbons (Fsp3) is 0.400. The van der Waals surface area contributed by atoms with Crippen molar-refractivity contribution in [3.05, 3.63) is 34.1 Å². The van der Waals surface area contributed by atoms with Gasteiger partial charge in [0.2, 0.25) is 0 Å². The molecule has 3 heteroatoms. The molecule has 1 atom stereocenters. The van der Waals surface area contributed by atoms with Gasteiger partial charge in [0.05, 0.1) is 5.02 Å². The van der Waals surface area contributed by atoms with E-state index in [0.717, 1.165) is 30.4 Å². The predicted molar refractivity (Wildman–Crippen MR) is 51.3 cm³/mol. The molecule has 13 heavy (non-hydrogen) atoms. The van der Waals surface area contributed by atoms with Crippen LogP contribution in [0, 0.1) is 5.82 Å². The van der Waals surface area contributed by atoms with Crippen molar-refractivity contribution >= 4 is 11.6 Å². The lowest BCUT2D eigenvalue weighted by Gasteiger charge is -2.23. The molecule has 1 nitrogen and oxygen atoms in total. The van der Waals surface area contributed by atoms with E-state index < -0.39 is 0 Å². The predicted octanol–water partition coefficient (Wildman–Crippen LogP) is 2.82. The zero-order valence-electron chi connectivity index (χ0n) is 7.19. The first-order valence-electron chi connectivity index (χ1n) is 4.42. The first kappa shape index (κ1) is 8.97. The highest BCUT2D eigenvalue weighted by atomic mass is 35.5. The fourth-order valence-electron chi connectivity index (χ4n) is 1.86. The SMILES string of the molecule is NC1CCCc2c1ccc(F)c2Cl. The second-order valence-electron chi connectivity index (χ2n) is 3.43. The highest BCUT2D eigenvalue weighted by Crippen LogP contribution is 2.33. The Morgan fingerprint density at radius 2 is 2.23 bits per heavy atom. The molecule has 1 unspecified atom stereocenters. The summed E-state index contributed by atoms with van der Waals surface area (Å²) >= 11 is 5.85. The summed E-state index contributed by atoms with van der Waals surface area (Å²) < 4.78 is 13.1. The average Bonchev–Trinajstić information content (AvgIpc) is 2.12. The lowest BCUT2D eigenvalue weighted by molar-refractivity contribution is 0.560. The van der Waals surface area contributed by atoms with Gasteiger partial charge in [0.1, 0.15) is 5.82 Å². The van der Waals surface area contributed by atoms with Crippen LogP contribution in [-0.2, 0) is 6.42 Å². The molecule has 70 valence electrons. The number of hydrogen-bond donors (Lipinski definition) is 1. The van der Waals surface area contributed by atoms with Crippen molar-refractivity contribution in [2.24, 2.45) is 5.73 Å². The topological polar surface area (TPSA) is 26.0 Å². The van der Waals surface area contributed by atoms with E-state index >= 15 is 0 Å². The molecule has 0 aromatic heterocycles. The molecule has 0 heterocycles. The van der Waals surface area contributed by atoms with Gasteiger partial charge in [-0.05, 0) is 36.5 Å². The van der Waals surface area contributed by atoms with E-state index in [4.69, 9.17) is 17.3 Å². The third-order valence-corrected chi connectivity index (χ3v) is 2.98. The van der Waals surface area contributed by atoms with Gasteiger partial charge in [-0.2, -0.15) is 0 Å². The molecule has 0 spiro atoms. The minimum atomic E-state index is -0.338. The number of fused-ring (bicyclic) bond motifs is 1. The Labute approximate surface area is 81.7 Å². The summed E-state index contributed by atoms with van der Waals surface area (Å²) in [5.41, 5.74) is 7.80. The first-order valence-corrected chi connectivity index (χ1v) is 4.80. The van der Waals surface area contributed by atoms with Gasteiger partial charge >= 0.3 is 0 Å². The van der Waals surface area contributed by atoms with Crippen molar-refractivity contribution in [3.63, 3.8) is 0 Å². The minimum absolute atomic E-state index is 0.0295. The molecule has 0 bridgehead atoms. The van der Waals surface area contributed by atoms with Crippen LogP contribution in [-0.4, -0.2) is 0 Å². The zero-order valence-corrected chi connectivity index (χ0v) is 7.94. The molecule has 0 saturated carbocycles. The van der Waals surface area contributed by atoms with Crippen LogP contribution in [0.3, 0.4) is 0 Å². The largest absolute Gasteiger partial charge is 0.324 e. The molecule has 1 aliphatic carbocycles. The summed E-state index contributed by atoms with van der Waals surface area (Å²) in [5, 5.41) is 0.257. The van der Waals surface area contributed by atoms with Gasteiger partial charge in [0, 0.05) is 6.04 Å². The zero-order chi connectivity index (χ0) is 9.42. The molecular weight excluding hydrogens is 189 g/mol. The van der Waals surface area contributed by atoms with Crippen LogP contribution in [0.4, 0.5) is 4.39 Å². The maximum Gasteiger partial charge on any atom is 0.142 e. The normalized spacial score (nSPS) is 21.3. The Bertz CT molecular complexity index is 338. The van der Waals surface area contributed by atoms with Crippen LogP contribution in [0.5, 0.6) is 0 Å². The molecule has 0 amide bonds. The third kappa shape index (κ3) is 1.45. The minimum Gasteiger partial charge on any atom is -0.324 e. The van der Waals surface area contributed by atoms with E-state index in [1.165, 1.54) is 6.07 Å². The van der Waals surface area contributed by atoms with Crippen LogP contribution in [0.1, 0.15) is 30.0 Å². The highest BCUT2D eigenvalue weighted by molar-refractivity contribution is 6.31. The standard InChI is InChI=1S/C10H11ClFN/c11-10-7-2-1-3-9(13)6(7)4-5-8(10)12/h4-5,9H,1-3,13H2. The Balaban J connectivity index is 2.56. The molecule has 1 aromatic rings. The highest BCUT2D eigenvalue weighted by Gasteiger charge is 2.20. The van der Waals surface area contributed by atoms with Gasteiger partial charge in [-0.1, -0.05) is 17.7 Å². The summed E-state index contributed by atoms with van der Waals surface area (Å²) in [6.45, 7) is 0. The van der Waals surface area contributed by atoms with Gasteiger partial charge < -0.3 is 5.73 Å². The molecule has 0 radical (unpaired) electrons. The second kappa shape index (κ2) is 3.28. The van der Waals surface area contributed by atoms with Crippen molar-refractivity contribution in [1.82, 2.24) is 0 Å². The van der Waals surface area contributed by atoms with Crippen molar-refractivity contribution in [2.75, 3.05) is 0 Å². The number of rotatable bonds is 0. The van der Waals surface area contributed by atoms with Crippen molar-refractivity contribution in [1.29, 1.82) is 0 Å². The molecule has 0 aliphatic heterocycles. The molecule has 1 aromatic carbocycles. The van der Waals surface area contributed by atoms with Crippen LogP contribution in [0.25, 0.3) is 0 Å². The van der Waals surface area contributed by atoms with Gasteiger partial charge in [-0.25, -0.2) is 4.39 Å². The maximum atomic E-state index is 13.1. The summed E-state index contributed by atoms with van der Waals surface area (Å²) in [4.78, 5) is 0. The molecular formula is C10H11ClFN. The lowest BCUT2D eigenvalue weighted by atomic mass is 9.88. The molecule has 1 aliphatic rings. The van der Waals surface area contributed by atoms with Crippen molar-refractivity contribution in [2.45, 2.75) is 25.3 Å². The van der Waals surface area contributed by atoms with E-state index in [0.29, 0.717) is 0 Å². The Morgan fingerprint density at radius 3 is 3.00 bits per heavy atom. The first-order chi connectivity index (χ1) is 6.20. The van der Waals surface area contributed by atoms with E-state index in [1.54, 1.807) is 6.07 Å². The number of benzene rings is 1. The smallest absolute Gasteiger partial charge is 0.142 e. The summed E-state index contributed by atoms with van der Waals surface area (Å²) in [5.74, 6) is -0.338. The monoisotopic (exact) mass is 199 g/mol. The number of halogens is 2. The van der Waals surface area contributed by atoms with Crippen LogP contribution >= 0.6 is 11.6 Å². The summed E-state index contributed by atoms with van der Waals surface area (Å²) in [7, 11) is 0. The second-order valence-corrected chi connectivity index (χ2v) is 3.81. The van der Waals surface area contributed by atoms with Crippen LogP contribution in [0.2, 0.25) is 5.02 Å². The number of hydrogen-bond acceptors (Lipinski definition) is 1. The van der Waals surface area contributed by atoms with E-state index in [-0.39, 0.29) is 16.9 Å². The van der Waals surface area contributed by atoms with Crippen LogP contribution in [0.15, 0.2) is 12.1 Å². The fourth-order valence-corrected chi connectivity index (χ4v) is 2.13. The van der Waals surface area contributed by atoms with Gasteiger partial charge in [0.15, 0.2) is 0 Å². The summed E-state index contributed by atoms with van der Waals surface area (Å²) in [6.07, 6.45) is 2.81. The van der Waals surface area contributed by atoms with E-state index in [1.807, 2.05) is 0 Å². The maximum absolute atomic E-state index is 13.1. The molecule has 2 rings (SSSR count). The van der Waals surface area contributed by atoms with Gasteiger partial charge in [-0.15, -0.1) is 0 Å². The Hall–Kier alpha value is -0.600. The third-order valence-electron chi connectivity index (χ3n) is 2.57. The Kier molecular flexibility index (Phi) is 2.26. The van der Waals surface area contributed by atoms with Gasteiger partial charge in [-0.3, -0.25) is 0 Å². The number of nitrogens with two attached hydrogens (primary N) is 1. The van der Waals surface area contributed by atoms with E-state index in [2.05, 4.69) is 0 Å². The van der Waals surface area contributed by atoms with Crippen molar-refractivity contribution < 1.29 is 4.39 Å². The molecule has 0 fully saturated rings. The van der Waals surface area contributed by atoms with Gasteiger partial charge in [0.25, 0.3) is 0 Å². The molecule has 0 saturated heterocycles. The lowest BCUT2D eigenvalue weighted by Crippen LogP contribution is -2.17. The summed E-state index contributed by atoms with van der Waals surface area (Å²) in [6, 6.07) is 3.18. The average molecular weight is 200 g/mol. The van der Waals surface area contributed by atoms with Crippen LogP contribution < -0.4 is 5.73 Å². The van der Waals surface area contributed by atoms with Crippen molar-refractivity contribution in [3.8, 4) is 0 Å². The van der Waals surface area contributed by atoms with E-state index in [9.17, 15) is 4.39 Å². The Morgan fingerprint density at radius 1 is 1.46 bits per heavy atom.